The molecule has 3 saturated carbocycles. The van der Waals surface area contributed by atoms with Crippen LogP contribution in [0.25, 0.3) is 0 Å². The molecule has 0 saturated heterocycles. The third kappa shape index (κ3) is 4.12. The maximum atomic E-state index is 13.0. The molecule has 2 aromatic rings. The minimum absolute atomic E-state index is 0.000355. The zero-order valence-corrected chi connectivity index (χ0v) is 18.9. The maximum absolute atomic E-state index is 13.0. The molecule has 2 amide bonds. The van der Waals surface area contributed by atoms with Gasteiger partial charge in [0.15, 0.2) is 11.5 Å². The molecule has 7 nitrogen and oxygen atoms in total. The van der Waals surface area contributed by atoms with Crippen molar-refractivity contribution in [2.45, 2.75) is 37.8 Å². The number of para-hydroxylation sites is 3. The highest BCUT2D eigenvalue weighted by molar-refractivity contribution is 6.02. The van der Waals surface area contributed by atoms with Gasteiger partial charge in [0, 0.05) is 24.1 Å². The summed E-state index contributed by atoms with van der Waals surface area (Å²) in [5.74, 6) is 2.03. The monoisotopic (exact) mass is 449 g/mol. The number of hydrogen-bond donors (Lipinski definition) is 3. The van der Waals surface area contributed by atoms with Gasteiger partial charge in [0.25, 0.3) is 5.91 Å². The van der Waals surface area contributed by atoms with Gasteiger partial charge in [-0.25, -0.2) is 0 Å². The molecule has 1 aliphatic heterocycles. The van der Waals surface area contributed by atoms with Crippen LogP contribution in [0.4, 0.5) is 5.69 Å². The summed E-state index contributed by atoms with van der Waals surface area (Å²) >= 11 is 0. The molecule has 33 heavy (non-hydrogen) atoms. The normalized spacial score (nSPS) is 27.3. The number of nitrogens with one attached hydrogen (secondary N) is 3. The second kappa shape index (κ2) is 8.96. The zero-order chi connectivity index (χ0) is 22.8. The first-order chi connectivity index (χ1) is 16.1. The van der Waals surface area contributed by atoms with Gasteiger partial charge in [0.2, 0.25) is 5.91 Å². The Morgan fingerprint density at radius 2 is 1.88 bits per heavy atom. The summed E-state index contributed by atoms with van der Waals surface area (Å²) in [5.41, 5.74) is 1.15. The lowest BCUT2D eigenvalue weighted by Crippen LogP contribution is -2.68. The van der Waals surface area contributed by atoms with Crippen molar-refractivity contribution >= 4 is 17.5 Å². The van der Waals surface area contributed by atoms with E-state index < -0.39 is 5.66 Å². The van der Waals surface area contributed by atoms with E-state index in [4.69, 9.17) is 9.47 Å². The van der Waals surface area contributed by atoms with Crippen LogP contribution in [0.1, 0.15) is 42.5 Å². The fourth-order valence-corrected chi connectivity index (χ4v) is 5.80. The summed E-state index contributed by atoms with van der Waals surface area (Å²) in [5, 5.41) is 9.99. The summed E-state index contributed by atoms with van der Waals surface area (Å²) in [6, 6.07) is 15.2. The van der Waals surface area contributed by atoms with Crippen molar-refractivity contribution in [1.82, 2.24) is 10.6 Å². The number of methoxy groups -OCH3 is 1. The molecule has 7 heteroatoms. The highest BCUT2D eigenvalue weighted by atomic mass is 16.5. The lowest BCUT2D eigenvalue weighted by molar-refractivity contribution is -0.132. The van der Waals surface area contributed by atoms with E-state index in [1.165, 1.54) is 0 Å². The number of rotatable bonds is 7. The van der Waals surface area contributed by atoms with E-state index in [1.807, 2.05) is 48.5 Å². The Bertz CT molecular complexity index is 1040. The summed E-state index contributed by atoms with van der Waals surface area (Å²) in [6.07, 6.45) is 4.36. The van der Waals surface area contributed by atoms with Gasteiger partial charge in [-0.2, -0.15) is 0 Å². The Labute approximate surface area is 194 Å². The Hall–Kier alpha value is -3.22. The number of carbonyl (C=O) groups excluding carboxylic acids is 2. The molecule has 174 valence electrons. The van der Waals surface area contributed by atoms with Crippen LogP contribution in [-0.4, -0.2) is 37.7 Å². The minimum atomic E-state index is -0.437. The van der Waals surface area contributed by atoms with Crippen LogP contribution < -0.4 is 25.4 Å². The largest absolute Gasteiger partial charge is 0.493 e. The first-order valence-corrected chi connectivity index (χ1v) is 11.8. The van der Waals surface area contributed by atoms with Crippen LogP contribution in [0.3, 0.4) is 0 Å². The van der Waals surface area contributed by atoms with Gasteiger partial charge in [-0.1, -0.05) is 24.3 Å². The molecular weight excluding hydrogens is 418 g/mol. The average molecular weight is 450 g/mol. The van der Waals surface area contributed by atoms with Crippen molar-refractivity contribution in [3.8, 4) is 11.5 Å². The second-order valence-corrected chi connectivity index (χ2v) is 9.32. The van der Waals surface area contributed by atoms with Crippen molar-refractivity contribution < 1.29 is 19.1 Å². The van der Waals surface area contributed by atoms with Crippen molar-refractivity contribution in [3.63, 3.8) is 0 Å². The van der Waals surface area contributed by atoms with E-state index in [1.54, 1.807) is 7.11 Å². The summed E-state index contributed by atoms with van der Waals surface area (Å²) in [7, 11) is 1.62. The molecule has 3 aliphatic carbocycles. The van der Waals surface area contributed by atoms with Gasteiger partial charge in [0.05, 0.1) is 19.3 Å². The molecule has 3 fully saturated rings. The number of fused-ring (bicyclic) bond motifs is 3. The maximum Gasteiger partial charge on any atom is 0.255 e. The third-order valence-electron chi connectivity index (χ3n) is 7.42. The SMILES string of the molecule is COc1ccccc1OCCCNC(=O)[C@@H]1C[C@H]2CC[C@H]1C[C@@]21NC(=O)c2ccccc2N1. The lowest BCUT2D eigenvalue weighted by atomic mass is 9.58. The van der Waals surface area contributed by atoms with E-state index in [2.05, 4.69) is 16.0 Å². The molecule has 1 spiro atoms. The van der Waals surface area contributed by atoms with Crippen LogP contribution in [-0.2, 0) is 4.79 Å². The van der Waals surface area contributed by atoms with Crippen molar-refractivity contribution in [2.24, 2.45) is 17.8 Å². The third-order valence-corrected chi connectivity index (χ3v) is 7.42. The van der Waals surface area contributed by atoms with Gasteiger partial charge >= 0.3 is 0 Å². The van der Waals surface area contributed by atoms with Crippen LogP contribution in [0.15, 0.2) is 48.5 Å². The van der Waals surface area contributed by atoms with Crippen molar-refractivity contribution in [2.75, 3.05) is 25.6 Å². The fraction of sp³-hybridized carbons (Fsp3) is 0.462. The topological polar surface area (TPSA) is 88.7 Å². The number of ether oxygens (including phenoxy) is 2. The van der Waals surface area contributed by atoms with Crippen LogP contribution in [0.5, 0.6) is 11.5 Å². The fourth-order valence-electron chi connectivity index (χ4n) is 5.80. The van der Waals surface area contributed by atoms with Crippen molar-refractivity contribution in [3.05, 3.63) is 54.1 Å². The number of carbonyl (C=O) groups is 2. The van der Waals surface area contributed by atoms with Gasteiger partial charge in [0.1, 0.15) is 5.66 Å². The van der Waals surface area contributed by atoms with Gasteiger partial charge in [-0.3, -0.25) is 9.59 Å². The minimum Gasteiger partial charge on any atom is -0.493 e. The molecule has 1 heterocycles. The Morgan fingerprint density at radius 1 is 1.09 bits per heavy atom. The highest BCUT2D eigenvalue weighted by Gasteiger charge is 2.55. The van der Waals surface area contributed by atoms with Crippen LogP contribution >= 0.6 is 0 Å². The summed E-state index contributed by atoms with van der Waals surface area (Å²) in [4.78, 5) is 25.7. The Kier molecular flexibility index (Phi) is 5.87. The predicted molar refractivity (Wildman–Crippen MR) is 125 cm³/mol. The first-order valence-electron chi connectivity index (χ1n) is 11.8. The van der Waals surface area contributed by atoms with Gasteiger partial charge < -0.3 is 25.4 Å². The Morgan fingerprint density at radius 3 is 2.67 bits per heavy atom. The smallest absolute Gasteiger partial charge is 0.255 e. The summed E-state index contributed by atoms with van der Waals surface area (Å²) < 4.78 is 11.1. The molecule has 0 unspecified atom stereocenters. The van der Waals surface area contributed by atoms with E-state index >= 15 is 0 Å². The molecule has 4 aliphatic rings. The van der Waals surface area contributed by atoms with Crippen LogP contribution in [0.2, 0.25) is 0 Å². The Balaban J connectivity index is 1.14. The predicted octanol–water partition coefficient (Wildman–Crippen LogP) is 3.57. The van der Waals surface area contributed by atoms with E-state index in [9.17, 15) is 9.59 Å². The molecule has 2 aromatic carbocycles. The lowest BCUT2D eigenvalue weighted by Gasteiger charge is -2.56. The van der Waals surface area contributed by atoms with Crippen molar-refractivity contribution in [1.29, 1.82) is 0 Å². The summed E-state index contributed by atoms with van der Waals surface area (Å²) in [6.45, 7) is 1.09. The van der Waals surface area contributed by atoms with Crippen LogP contribution in [0, 0.1) is 17.8 Å². The molecule has 2 bridgehead atoms. The van der Waals surface area contributed by atoms with E-state index in [0.29, 0.717) is 30.2 Å². The van der Waals surface area contributed by atoms with Gasteiger partial charge in [-0.05, 0) is 62.3 Å². The van der Waals surface area contributed by atoms with E-state index in [-0.39, 0.29) is 29.6 Å². The molecule has 0 radical (unpaired) electrons. The first kappa shape index (κ1) is 21.6. The molecule has 0 aromatic heterocycles. The molecular formula is C26H31N3O4. The zero-order valence-electron chi connectivity index (χ0n) is 18.9. The van der Waals surface area contributed by atoms with E-state index in [0.717, 1.165) is 37.8 Å². The average Bonchev–Trinajstić information content (AvgIpc) is 2.84. The number of benzene rings is 2. The van der Waals surface area contributed by atoms with Gasteiger partial charge in [-0.15, -0.1) is 0 Å². The molecule has 4 atom stereocenters. The highest BCUT2D eigenvalue weighted by Crippen LogP contribution is 2.51. The quantitative estimate of drug-likeness (QED) is 0.563. The standard InChI is InChI=1S/C26H31N3O4/c1-32-22-9-4-5-10-23(22)33-14-6-13-27-24(30)20-15-18-12-11-17(20)16-26(18)28-21-8-3-2-7-19(21)25(31)29-26/h2-5,7-10,17-18,20,28H,6,11-16H2,1H3,(H,27,30)(H,29,31)/t17-,18+,20+,26+/m0/s1. The number of amides is 2. The molecule has 6 rings (SSSR count). The number of hydrogen-bond acceptors (Lipinski definition) is 5. The second-order valence-electron chi connectivity index (χ2n) is 9.32. The molecule has 3 N–H and O–H groups in total. The number of anilines is 1.